The Bertz CT molecular complexity index is 862. The summed E-state index contributed by atoms with van der Waals surface area (Å²) in [5.74, 6) is -0.839. The predicted octanol–water partition coefficient (Wildman–Crippen LogP) is 2.74. The van der Waals surface area contributed by atoms with Gasteiger partial charge in [0, 0.05) is 6.61 Å². The third-order valence-corrected chi connectivity index (χ3v) is 5.16. The van der Waals surface area contributed by atoms with Gasteiger partial charge in [-0.2, -0.15) is 0 Å². The molecule has 1 fully saturated rings. The summed E-state index contributed by atoms with van der Waals surface area (Å²) in [5.41, 5.74) is 0.548. The molecule has 0 aromatic heterocycles. The van der Waals surface area contributed by atoms with Gasteiger partial charge in [0.2, 0.25) is 0 Å². The molecule has 2 N–H and O–H groups in total. The van der Waals surface area contributed by atoms with E-state index in [1.165, 1.54) is 18.2 Å². The van der Waals surface area contributed by atoms with E-state index < -0.39 is 21.9 Å². The minimum absolute atomic E-state index is 0.0749. The molecule has 1 aliphatic heterocycles. The highest BCUT2D eigenvalue weighted by Gasteiger charge is 2.24. The number of amides is 1. The molecule has 1 saturated heterocycles. The molecule has 1 heterocycles. The number of nitrogens with one attached hydrogen (secondary N) is 2. The van der Waals surface area contributed by atoms with E-state index in [4.69, 9.17) is 4.74 Å². The molecule has 3 rings (SSSR count). The van der Waals surface area contributed by atoms with E-state index >= 15 is 0 Å². The molecular weight excluding hydrogens is 347 g/mol. The topological polar surface area (TPSA) is 84.5 Å². The van der Waals surface area contributed by atoms with Crippen LogP contribution < -0.4 is 10.0 Å². The molecule has 2 aromatic rings. The van der Waals surface area contributed by atoms with Gasteiger partial charge in [-0.3, -0.25) is 9.52 Å². The number of carbonyl (C=O) groups is 1. The van der Waals surface area contributed by atoms with Crippen LogP contribution in [0.25, 0.3) is 0 Å². The van der Waals surface area contributed by atoms with Crippen LogP contribution >= 0.6 is 0 Å². The second-order valence-electron chi connectivity index (χ2n) is 5.60. The molecule has 6 nitrogen and oxygen atoms in total. The van der Waals surface area contributed by atoms with Gasteiger partial charge in [0.15, 0.2) is 0 Å². The van der Waals surface area contributed by atoms with E-state index in [1.807, 2.05) is 0 Å². The van der Waals surface area contributed by atoms with Crippen LogP contribution in [0.15, 0.2) is 53.4 Å². The SMILES string of the molecule is O=C(Nc1ccccc1NS(=O)(=O)c1ccc(F)cc1)[C@H]1CCCO1. The van der Waals surface area contributed by atoms with E-state index in [1.54, 1.807) is 18.2 Å². The van der Waals surface area contributed by atoms with E-state index in [9.17, 15) is 17.6 Å². The van der Waals surface area contributed by atoms with E-state index in [2.05, 4.69) is 10.0 Å². The average molecular weight is 364 g/mol. The summed E-state index contributed by atoms with van der Waals surface area (Å²) in [5, 5.41) is 2.68. The maximum Gasteiger partial charge on any atom is 0.261 e. The van der Waals surface area contributed by atoms with Crippen molar-refractivity contribution in [1.29, 1.82) is 0 Å². The zero-order chi connectivity index (χ0) is 17.9. The van der Waals surface area contributed by atoms with Crippen LogP contribution in [0.5, 0.6) is 0 Å². The number of carbonyl (C=O) groups excluding carboxylic acids is 1. The molecule has 0 spiro atoms. The van der Waals surface area contributed by atoms with Gasteiger partial charge in [0.25, 0.3) is 15.9 Å². The third-order valence-electron chi connectivity index (χ3n) is 3.78. The minimum Gasteiger partial charge on any atom is -0.368 e. The Hall–Kier alpha value is -2.45. The van der Waals surface area contributed by atoms with Gasteiger partial charge in [-0.1, -0.05) is 12.1 Å². The number of sulfonamides is 1. The summed E-state index contributed by atoms with van der Waals surface area (Å²) in [6.07, 6.45) is 0.924. The lowest BCUT2D eigenvalue weighted by Crippen LogP contribution is -2.27. The Labute approximate surface area is 145 Å². The van der Waals surface area contributed by atoms with Gasteiger partial charge in [-0.25, -0.2) is 12.8 Å². The monoisotopic (exact) mass is 364 g/mol. The van der Waals surface area contributed by atoms with Crippen molar-refractivity contribution in [3.8, 4) is 0 Å². The highest BCUT2D eigenvalue weighted by molar-refractivity contribution is 7.92. The molecule has 25 heavy (non-hydrogen) atoms. The van der Waals surface area contributed by atoms with Gasteiger partial charge in [0.1, 0.15) is 11.9 Å². The minimum atomic E-state index is -3.91. The van der Waals surface area contributed by atoms with Crippen molar-refractivity contribution >= 4 is 27.3 Å². The molecule has 0 saturated carbocycles. The molecule has 0 radical (unpaired) electrons. The number of hydrogen-bond donors (Lipinski definition) is 2. The highest BCUT2D eigenvalue weighted by atomic mass is 32.2. The van der Waals surface area contributed by atoms with Crippen molar-refractivity contribution in [3.63, 3.8) is 0 Å². The number of ether oxygens (including phenoxy) is 1. The quantitative estimate of drug-likeness (QED) is 0.854. The van der Waals surface area contributed by atoms with Crippen LogP contribution in [0.3, 0.4) is 0 Å². The largest absolute Gasteiger partial charge is 0.368 e. The van der Waals surface area contributed by atoms with Crippen LogP contribution in [-0.2, 0) is 19.6 Å². The normalized spacial score (nSPS) is 17.2. The lowest BCUT2D eigenvalue weighted by atomic mass is 10.2. The number of para-hydroxylation sites is 2. The van der Waals surface area contributed by atoms with Gasteiger partial charge >= 0.3 is 0 Å². The van der Waals surface area contributed by atoms with Crippen molar-refractivity contribution in [3.05, 3.63) is 54.3 Å². The number of hydrogen-bond acceptors (Lipinski definition) is 4. The maximum absolute atomic E-state index is 13.0. The zero-order valence-corrected chi connectivity index (χ0v) is 14.1. The van der Waals surface area contributed by atoms with Gasteiger partial charge in [-0.15, -0.1) is 0 Å². The first kappa shape index (κ1) is 17.4. The van der Waals surface area contributed by atoms with Crippen molar-refractivity contribution in [2.45, 2.75) is 23.8 Å². The Balaban J connectivity index is 1.80. The summed E-state index contributed by atoms with van der Waals surface area (Å²) in [6, 6.07) is 10.9. The van der Waals surface area contributed by atoms with Crippen molar-refractivity contribution in [2.75, 3.05) is 16.6 Å². The standard InChI is InChI=1S/C17H17FN2O4S/c18-12-7-9-13(10-8-12)25(22,23)20-15-5-2-1-4-14(15)19-17(21)16-6-3-11-24-16/h1-2,4-5,7-10,16,20H,3,6,11H2,(H,19,21)/t16-/m1/s1. The molecule has 8 heteroatoms. The predicted molar refractivity (Wildman–Crippen MR) is 91.3 cm³/mol. The Morgan fingerprint density at radius 2 is 1.76 bits per heavy atom. The fraction of sp³-hybridized carbons (Fsp3) is 0.235. The zero-order valence-electron chi connectivity index (χ0n) is 13.2. The highest BCUT2D eigenvalue weighted by Crippen LogP contribution is 2.25. The summed E-state index contributed by atoms with van der Waals surface area (Å²) < 4.78 is 45.6. The molecule has 0 aliphatic carbocycles. The van der Waals surface area contributed by atoms with Crippen molar-refractivity contribution in [1.82, 2.24) is 0 Å². The first-order valence-electron chi connectivity index (χ1n) is 7.75. The molecular formula is C17H17FN2O4S. The summed E-state index contributed by atoms with van der Waals surface area (Å²) in [7, 11) is -3.91. The average Bonchev–Trinajstić information content (AvgIpc) is 3.11. The summed E-state index contributed by atoms with van der Waals surface area (Å²) in [4.78, 5) is 12.1. The van der Waals surface area contributed by atoms with Gasteiger partial charge in [-0.05, 0) is 49.2 Å². The third kappa shape index (κ3) is 4.15. The van der Waals surface area contributed by atoms with E-state index in [0.29, 0.717) is 18.7 Å². The van der Waals surface area contributed by atoms with E-state index in [0.717, 1.165) is 18.6 Å². The number of rotatable bonds is 5. The van der Waals surface area contributed by atoms with Gasteiger partial charge in [0.05, 0.1) is 16.3 Å². The van der Waals surface area contributed by atoms with Crippen LogP contribution in [0.2, 0.25) is 0 Å². The Morgan fingerprint density at radius 1 is 1.08 bits per heavy atom. The first-order valence-corrected chi connectivity index (χ1v) is 9.24. The molecule has 1 aliphatic rings. The number of halogens is 1. The molecule has 132 valence electrons. The second-order valence-corrected chi connectivity index (χ2v) is 7.28. The lowest BCUT2D eigenvalue weighted by molar-refractivity contribution is -0.124. The smallest absolute Gasteiger partial charge is 0.261 e. The lowest BCUT2D eigenvalue weighted by Gasteiger charge is -2.15. The van der Waals surface area contributed by atoms with Crippen LogP contribution in [0.1, 0.15) is 12.8 Å². The first-order chi connectivity index (χ1) is 12.0. The van der Waals surface area contributed by atoms with Gasteiger partial charge < -0.3 is 10.1 Å². The van der Waals surface area contributed by atoms with Crippen LogP contribution in [-0.4, -0.2) is 27.0 Å². The van der Waals surface area contributed by atoms with E-state index in [-0.39, 0.29) is 16.5 Å². The second kappa shape index (κ2) is 7.20. The Morgan fingerprint density at radius 3 is 2.40 bits per heavy atom. The summed E-state index contributed by atoms with van der Waals surface area (Å²) >= 11 is 0. The number of benzene rings is 2. The Kier molecular flexibility index (Phi) is 5.00. The molecule has 2 aromatic carbocycles. The molecule has 0 unspecified atom stereocenters. The summed E-state index contributed by atoms with van der Waals surface area (Å²) in [6.45, 7) is 0.539. The van der Waals surface area contributed by atoms with Crippen LogP contribution in [0, 0.1) is 5.82 Å². The fourth-order valence-electron chi connectivity index (χ4n) is 2.50. The molecule has 0 bridgehead atoms. The van der Waals surface area contributed by atoms with Crippen molar-refractivity contribution < 1.29 is 22.3 Å². The number of anilines is 2. The fourth-order valence-corrected chi connectivity index (χ4v) is 3.58. The molecule has 1 atom stereocenters. The van der Waals surface area contributed by atoms with Crippen LogP contribution in [0.4, 0.5) is 15.8 Å². The molecule has 1 amide bonds. The maximum atomic E-state index is 13.0. The van der Waals surface area contributed by atoms with Crippen molar-refractivity contribution in [2.24, 2.45) is 0 Å².